The Morgan fingerprint density at radius 3 is 1.10 bits per heavy atom. The van der Waals surface area contributed by atoms with Crippen molar-refractivity contribution in [1.82, 2.24) is 0 Å². The molecule has 0 atom stereocenters. The van der Waals surface area contributed by atoms with Crippen LogP contribution < -0.4 is 18.9 Å². The zero-order valence-corrected chi connectivity index (χ0v) is 22.6. The molecule has 0 radical (unpaired) electrons. The molecule has 0 aliphatic heterocycles. The van der Waals surface area contributed by atoms with Crippen LogP contribution in [0.4, 0.5) is 0 Å². The maximum absolute atomic E-state index is 13.5. The number of rotatable bonds is 10. The third-order valence-corrected chi connectivity index (χ3v) is 6.62. The third kappa shape index (κ3) is 6.08. The second-order valence-electron chi connectivity index (χ2n) is 9.56. The second-order valence-corrected chi connectivity index (χ2v) is 9.56. The Kier molecular flexibility index (Phi) is 7.77. The fourth-order valence-electron chi connectivity index (χ4n) is 4.44. The number of Topliss-reactive ketones (excluding diaryl/α,β-unsaturated/α-hetero) is 2. The number of carbonyl (C=O) groups excluding carboxylic acids is 2. The Morgan fingerprint density at radius 1 is 0.381 bits per heavy atom. The zero-order chi connectivity index (χ0) is 28.7. The molecule has 0 unspecified atom stereocenters. The van der Waals surface area contributed by atoms with Gasteiger partial charge in [-0.1, -0.05) is 84.9 Å². The van der Waals surface area contributed by atoms with E-state index in [9.17, 15) is 9.59 Å². The number of hydrogen-bond donors (Lipinski definition) is 0. The summed E-state index contributed by atoms with van der Waals surface area (Å²) in [6, 6.07) is 40.0. The number of hydrogen-bond acceptors (Lipinski definition) is 6. The zero-order valence-electron chi connectivity index (χ0n) is 22.6. The van der Waals surface area contributed by atoms with Crippen molar-refractivity contribution in [2.45, 2.75) is 13.2 Å². The van der Waals surface area contributed by atoms with E-state index >= 15 is 0 Å². The summed E-state index contributed by atoms with van der Waals surface area (Å²) in [5.41, 5.74) is 2.62. The summed E-state index contributed by atoms with van der Waals surface area (Å²) in [4.78, 5) is 27.0. The van der Waals surface area contributed by atoms with Gasteiger partial charge in [-0.2, -0.15) is 0 Å². The number of allylic oxidation sites excluding steroid dienone is 2. The predicted octanol–water partition coefficient (Wildman–Crippen LogP) is 7.59. The third-order valence-electron chi connectivity index (χ3n) is 6.62. The van der Waals surface area contributed by atoms with Gasteiger partial charge in [-0.15, -0.1) is 0 Å². The first-order valence-electron chi connectivity index (χ1n) is 13.5. The van der Waals surface area contributed by atoms with Gasteiger partial charge in [0.05, 0.1) is 0 Å². The molecule has 5 aromatic rings. The van der Waals surface area contributed by atoms with Crippen LogP contribution in [0.3, 0.4) is 0 Å². The van der Waals surface area contributed by atoms with E-state index in [1.165, 1.54) is 0 Å². The van der Waals surface area contributed by atoms with Crippen molar-refractivity contribution < 1.29 is 28.5 Å². The monoisotopic (exact) mass is 554 g/mol. The van der Waals surface area contributed by atoms with Crippen LogP contribution in [0.2, 0.25) is 0 Å². The quantitative estimate of drug-likeness (QED) is 0.177. The van der Waals surface area contributed by atoms with Crippen molar-refractivity contribution in [2.75, 3.05) is 0 Å². The minimum absolute atomic E-state index is 0.180. The summed E-state index contributed by atoms with van der Waals surface area (Å²) in [6.45, 7) is 0.841. The van der Waals surface area contributed by atoms with E-state index in [-0.39, 0.29) is 22.6 Å². The molecule has 0 saturated carbocycles. The number of fused-ring (bicyclic) bond motifs is 1. The molecule has 42 heavy (non-hydrogen) atoms. The molecule has 0 bridgehead atoms. The van der Waals surface area contributed by atoms with Crippen LogP contribution in [0.5, 0.6) is 23.0 Å². The van der Waals surface area contributed by atoms with Crippen LogP contribution in [-0.4, -0.2) is 11.6 Å². The van der Waals surface area contributed by atoms with Crippen molar-refractivity contribution in [3.05, 3.63) is 167 Å². The van der Waals surface area contributed by atoms with Gasteiger partial charge in [0, 0.05) is 11.1 Å². The molecule has 5 aromatic carbocycles. The smallest absolute Gasteiger partial charge is 0.233 e. The van der Waals surface area contributed by atoms with Gasteiger partial charge >= 0.3 is 0 Å². The Labute approximate surface area is 243 Å². The molecule has 0 heterocycles. The summed E-state index contributed by atoms with van der Waals surface area (Å²) >= 11 is 0. The van der Waals surface area contributed by atoms with E-state index in [0.717, 1.165) is 11.1 Å². The fourth-order valence-corrected chi connectivity index (χ4v) is 4.44. The number of ketones is 2. The van der Waals surface area contributed by atoms with E-state index < -0.39 is 11.6 Å². The number of ether oxygens (including phenoxy) is 4. The molecule has 1 aliphatic carbocycles. The SMILES string of the molecule is O=C1C(Oc2ccc(OCc3ccccc3)cc2)=C(Oc2ccc(OCc3ccccc3)cc2)C(=O)c2ccccc21. The van der Waals surface area contributed by atoms with Crippen LogP contribution in [0.1, 0.15) is 31.8 Å². The Morgan fingerprint density at radius 2 is 0.714 bits per heavy atom. The molecule has 0 N–H and O–H groups in total. The van der Waals surface area contributed by atoms with Crippen LogP contribution in [0.25, 0.3) is 0 Å². The average molecular weight is 555 g/mol. The van der Waals surface area contributed by atoms with E-state index in [4.69, 9.17) is 18.9 Å². The van der Waals surface area contributed by atoms with Crippen molar-refractivity contribution in [1.29, 1.82) is 0 Å². The molecule has 0 fully saturated rings. The Balaban J connectivity index is 1.21. The highest BCUT2D eigenvalue weighted by Gasteiger charge is 2.36. The molecule has 0 amide bonds. The highest BCUT2D eigenvalue weighted by atomic mass is 16.5. The lowest BCUT2D eigenvalue weighted by atomic mass is 9.92. The van der Waals surface area contributed by atoms with Gasteiger partial charge in [0.25, 0.3) is 0 Å². The largest absolute Gasteiger partial charge is 0.489 e. The first kappa shape index (κ1) is 26.6. The van der Waals surface area contributed by atoms with Crippen molar-refractivity contribution in [3.8, 4) is 23.0 Å². The molecular weight excluding hydrogens is 528 g/mol. The van der Waals surface area contributed by atoms with Gasteiger partial charge in [0.1, 0.15) is 36.2 Å². The van der Waals surface area contributed by atoms with Crippen LogP contribution in [0, 0.1) is 0 Å². The first-order chi connectivity index (χ1) is 20.6. The molecule has 6 rings (SSSR count). The van der Waals surface area contributed by atoms with Gasteiger partial charge in [0.2, 0.25) is 23.1 Å². The summed E-state index contributed by atoms with van der Waals surface area (Å²) in [5.74, 6) is 0.777. The number of benzene rings is 5. The standard InChI is InChI=1S/C36H26O6/c37-33-31-13-7-8-14-32(31)34(38)36(42-30-21-17-28(18-22-30)40-24-26-11-5-2-6-12-26)35(33)41-29-19-15-27(16-20-29)39-23-25-9-3-1-4-10-25/h1-22H,23-24H2. The highest BCUT2D eigenvalue weighted by Crippen LogP contribution is 2.31. The van der Waals surface area contributed by atoms with E-state index in [1.54, 1.807) is 72.8 Å². The fraction of sp³-hybridized carbons (Fsp3) is 0.0556. The molecule has 0 saturated heterocycles. The molecule has 6 nitrogen and oxygen atoms in total. The predicted molar refractivity (Wildman–Crippen MR) is 158 cm³/mol. The van der Waals surface area contributed by atoms with E-state index in [2.05, 4.69) is 0 Å². The van der Waals surface area contributed by atoms with Crippen molar-refractivity contribution >= 4 is 11.6 Å². The Bertz CT molecular complexity index is 1590. The summed E-state index contributed by atoms with van der Waals surface area (Å²) in [7, 11) is 0. The Hall–Kier alpha value is -5.62. The average Bonchev–Trinajstić information content (AvgIpc) is 3.05. The van der Waals surface area contributed by atoms with Crippen molar-refractivity contribution in [2.24, 2.45) is 0 Å². The summed E-state index contributed by atoms with van der Waals surface area (Å²) in [6.07, 6.45) is 0. The maximum Gasteiger partial charge on any atom is 0.233 e. The minimum Gasteiger partial charge on any atom is -0.489 e. The lowest BCUT2D eigenvalue weighted by Gasteiger charge is -2.21. The molecular formula is C36H26O6. The van der Waals surface area contributed by atoms with Gasteiger partial charge in [0.15, 0.2) is 0 Å². The number of carbonyl (C=O) groups is 2. The molecule has 206 valence electrons. The summed E-state index contributed by atoms with van der Waals surface area (Å²) < 4.78 is 23.7. The maximum atomic E-state index is 13.5. The van der Waals surface area contributed by atoms with Gasteiger partial charge in [-0.3, -0.25) is 9.59 Å². The molecule has 0 aromatic heterocycles. The van der Waals surface area contributed by atoms with Crippen molar-refractivity contribution in [3.63, 3.8) is 0 Å². The van der Waals surface area contributed by atoms with Crippen LogP contribution >= 0.6 is 0 Å². The topological polar surface area (TPSA) is 71.1 Å². The van der Waals surface area contributed by atoms with Crippen LogP contribution in [-0.2, 0) is 13.2 Å². The van der Waals surface area contributed by atoms with Gasteiger partial charge in [-0.25, -0.2) is 0 Å². The normalized spacial score (nSPS) is 12.5. The van der Waals surface area contributed by atoms with Gasteiger partial charge < -0.3 is 18.9 Å². The first-order valence-corrected chi connectivity index (χ1v) is 13.5. The van der Waals surface area contributed by atoms with E-state index in [0.29, 0.717) is 36.2 Å². The lowest BCUT2D eigenvalue weighted by molar-refractivity contribution is 0.0897. The molecule has 0 spiro atoms. The highest BCUT2D eigenvalue weighted by molar-refractivity contribution is 6.25. The minimum atomic E-state index is -0.438. The molecule has 6 heteroatoms. The second kappa shape index (κ2) is 12.3. The summed E-state index contributed by atoms with van der Waals surface area (Å²) in [5, 5.41) is 0. The molecule has 1 aliphatic rings. The lowest BCUT2D eigenvalue weighted by Crippen LogP contribution is -2.27. The van der Waals surface area contributed by atoms with Crippen LogP contribution in [0.15, 0.2) is 145 Å². The van der Waals surface area contributed by atoms with Gasteiger partial charge in [-0.05, 0) is 59.7 Å². The van der Waals surface area contributed by atoms with E-state index in [1.807, 2.05) is 60.7 Å².